The van der Waals surface area contributed by atoms with Crippen molar-refractivity contribution in [2.24, 2.45) is 5.92 Å². The topological polar surface area (TPSA) is 59.8 Å². The van der Waals surface area contributed by atoms with Gasteiger partial charge in [0.25, 0.3) is 0 Å². The summed E-state index contributed by atoms with van der Waals surface area (Å²) in [4.78, 5) is 13.7. The summed E-state index contributed by atoms with van der Waals surface area (Å²) in [6, 6.07) is 12.2. The van der Waals surface area contributed by atoms with Crippen LogP contribution in [0.1, 0.15) is 30.3 Å². The molecule has 7 heteroatoms. The lowest BCUT2D eigenvalue weighted by molar-refractivity contribution is -0.119. The van der Waals surface area contributed by atoms with Gasteiger partial charge in [-0.05, 0) is 35.9 Å². The third kappa shape index (κ3) is 4.34. The second kappa shape index (κ2) is 8.51. The zero-order valence-electron chi connectivity index (χ0n) is 15.0. The Morgan fingerprint density at radius 1 is 1.27 bits per heavy atom. The standard InChI is InChI=1S/C19H22N4OS2/c1-13(2)18(16-9-6-10-25-16)21-17(24)11-26-19-22-20-12-23(19)15-8-5-4-7-14(15)3/h4-10,12-13,18H,11H2,1-3H3,(H,21,24). The lowest BCUT2D eigenvalue weighted by Gasteiger charge is -2.21. The summed E-state index contributed by atoms with van der Waals surface area (Å²) in [6.07, 6.45) is 1.69. The van der Waals surface area contributed by atoms with Crippen LogP contribution in [0.2, 0.25) is 0 Å². The Hall–Kier alpha value is -2.12. The lowest BCUT2D eigenvalue weighted by atomic mass is 10.0. The molecule has 0 aliphatic heterocycles. The number of thioether (sulfide) groups is 1. The molecule has 1 amide bonds. The molecule has 0 saturated carbocycles. The molecule has 0 radical (unpaired) electrons. The number of carbonyl (C=O) groups excluding carboxylic acids is 1. The maximum Gasteiger partial charge on any atom is 0.230 e. The average molecular weight is 387 g/mol. The number of hydrogen-bond acceptors (Lipinski definition) is 5. The molecule has 3 rings (SSSR count). The summed E-state index contributed by atoms with van der Waals surface area (Å²) in [5.41, 5.74) is 2.16. The number of aryl methyl sites for hydroxylation is 1. The third-order valence-corrected chi connectivity index (χ3v) is 5.96. The van der Waals surface area contributed by atoms with E-state index < -0.39 is 0 Å². The molecule has 5 nitrogen and oxygen atoms in total. The zero-order chi connectivity index (χ0) is 18.5. The van der Waals surface area contributed by atoms with Crippen LogP contribution in [0.4, 0.5) is 0 Å². The molecular formula is C19H22N4OS2. The van der Waals surface area contributed by atoms with Gasteiger partial charge in [-0.1, -0.05) is 49.9 Å². The predicted molar refractivity (Wildman–Crippen MR) is 107 cm³/mol. The van der Waals surface area contributed by atoms with Crippen molar-refractivity contribution in [3.63, 3.8) is 0 Å². The fraction of sp³-hybridized carbons (Fsp3) is 0.316. The van der Waals surface area contributed by atoms with Gasteiger partial charge in [-0.15, -0.1) is 21.5 Å². The fourth-order valence-corrected chi connectivity index (χ4v) is 4.38. The van der Waals surface area contributed by atoms with E-state index in [2.05, 4.69) is 35.4 Å². The number of aromatic nitrogens is 3. The minimum atomic E-state index is 0.00133. The van der Waals surface area contributed by atoms with E-state index in [1.54, 1.807) is 17.7 Å². The van der Waals surface area contributed by atoms with Gasteiger partial charge in [-0.2, -0.15) is 0 Å². The van der Waals surface area contributed by atoms with E-state index in [0.29, 0.717) is 16.8 Å². The van der Waals surface area contributed by atoms with E-state index in [0.717, 1.165) is 11.3 Å². The van der Waals surface area contributed by atoms with E-state index in [4.69, 9.17) is 0 Å². The van der Waals surface area contributed by atoms with Crippen molar-refractivity contribution in [2.45, 2.75) is 32.0 Å². The molecule has 2 aromatic heterocycles. The van der Waals surface area contributed by atoms with Crippen LogP contribution in [0, 0.1) is 12.8 Å². The summed E-state index contributed by atoms with van der Waals surface area (Å²) >= 11 is 3.07. The Kier molecular flexibility index (Phi) is 6.11. The molecule has 0 spiro atoms. The van der Waals surface area contributed by atoms with Crippen molar-refractivity contribution in [1.29, 1.82) is 0 Å². The highest BCUT2D eigenvalue weighted by molar-refractivity contribution is 7.99. The van der Waals surface area contributed by atoms with E-state index in [9.17, 15) is 4.79 Å². The zero-order valence-corrected chi connectivity index (χ0v) is 16.7. The van der Waals surface area contributed by atoms with Gasteiger partial charge in [-0.25, -0.2) is 0 Å². The smallest absolute Gasteiger partial charge is 0.230 e. The van der Waals surface area contributed by atoms with Crippen molar-refractivity contribution < 1.29 is 4.79 Å². The number of carbonyl (C=O) groups is 1. The molecule has 0 saturated heterocycles. The number of benzene rings is 1. The Morgan fingerprint density at radius 3 is 2.77 bits per heavy atom. The lowest BCUT2D eigenvalue weighted by Crippen LogP contribution is -2.32. The first-order valence-corrected chi connectivity index (χ1v) is 10.3. The second-order valence-corrected chi connectivity index (χ2v) is 8.29. The number of thiophene rings is 1. The minimum Gasteiger partial charge on any atom is -0.347 e. The summed E-state index contributed by atoms with van der Waals surface area (Å²) < 4.78 is 1.92. The molecule has 0 aliphatic rings. The van der Waals surface area contributed by atoms with Crippen LogP contribution in [0.3, 0.4) is 0 Å². The normalized spacial score (nSPS) is 12.3. The molecule has 1 unspecified atom stereocenters. The van der Waals surface area contributed by atoms with Gasteiger partial charge < -0.3 is 5.32 Å². The summed E-state index contributed by atoms with van der Waals surface area (Å²) in [7, 11) is 0. The van der Waals surface area contributed by atoms with E-state index in [1.165, 1.54) is 16.6 Å². The summed E-state index contributed by atoms with van der Waals surface area (Å²) in [5.74, 6) is 0.638. The molecule has 0 fully saturated rings. The first kappa shape index (κ1) is 18.7. The van der Waals surface area contributed by atoms with Crippen LogP contribution in [-0.4, -0.2) is 26.4 Å². The van der Waals surface area contributed by atoms with Crippen molar-refractivity contribution in [3.8, 4) is 5.69 Å². The number of nitrogens with one attached hydrogen (secondary N) is 1. The van der Waals surface area contributed by atoms with Gasteiger partial charge in [0.15, 0.2) is 5.16 Å². The SMILES string of the molecule is Cc1ccccc1-n1cnnc1SCC(=O)NC(c1cccs1)C(C)C. The fourth-order valence-electron chi connectivity index (χ4n) is 2.70. The van der Waals surface area contributed by atoms with Crippen molar-refractivity contribution in [2.75, 3.05) is 5.75 Å². The molecular weight excluding hydrogens is 364 g/mol. The Labute approximate surface area is 161 Å². The van der Waals surface area contributed by atoms with Gasteiger partial charge in [-0.3, -0.25) is 9.36 Å². The van der Waals surface area contributed by atoms with Crippen molar-refractivity contribution in [3.05, 3.63) is 58.5 Å². The molecule has 2 heterocycles. The van der Waals surface area contributed by atoms with Gasteiger partial charge in [0, 0.05) is 4.88 Å². The third-order valence-electron chi connectivity index (χ3n) is 4.06. The Balaban J connectivity index is 1.66. The van der Waals surface area contributed by atoms with Crippen LogP contribution in [0.15, 0.2) is 53.3 Å². The Bertz CT molecular complexity index is 858. The molecule has 136 valence electrons. The van der Waals surface area contributed by atoms with Crippen LogP contribution < -0.4 is 5.32 Å². The first-order valence-electron chi connectivity index (χ1n) is 8.48. The van der Waals surface area contributed by atoms with Crippen LogP contribution >= 0.6 is 23.1 Å². The summed E-state index contributed by atoms with van der Waals surface area (Å²) in [5, 5.41) is 14.1. The highest BCUT2D eigenvalue weighted by Gasteiger charge is 2.20. The number of para-hydroxylation sites is 1. The molecule has 3 aromatic rings. The highest BCUT2D eigenvalue weighted by atomic mass is 32.2. The molecule has 1 N–H and O–H groups in total. The molecule has 1 atom stereocenters. The number of rotatable bonds is 7. The maximum atomic E-state index is 12.5. The quantitative estimate of drug-likeness (QED) is 0.617. The largest absolute Gasteiger partial charge is 0.347 e. The molecule has 1 aromatic carbocycles. The molecule has 0 aliphatic carbocycles. The van der Waals surface area contributed by atoms with Gasteiger partial charge in [0.2, 0.25) is 5.91 Å². The minimum absolute atomic E-state index is 0.00133. The van der Waals surface area contributed by atoms with E-state index >= 15 is 0 Å². The van der Waals surface area contributed by atoms with Crippen molar-refractivity contribution in [1.82, 2.24) is 20.1 Å². The molecule has 0 bridgehead atoms. The predicted octanol–water partition coefficient (Wildman–Crippen LogP) is 4.24. The van der Waals surface area contributed by atoms with Crippen LogP contribution in [-0.2, 0) is 4.79 Å². The maximum absolute atomic E-state index is 12.5. The summed E-state index contributed by atoms with van der Waals surface area (Å²) in [6.45, 7) is 6.28. The Morgan fingerprint density at radius 2 is 2.08 bits per heavy atom. The second-order valence-electron chi connectivity index (χ2n) is 6.36. The van der Waals surface area contributed by atoms with Gasteiger partial charge in [0.1, 0.15) is 6.33 Å². The number of hydrogen-bond donors (Lipinski definition) is 1. The number of nitrogens with zero attached hydrogens (tertiary/aromatic N) is 3. The highest BCUT2D eigenvalue weighted by Crippen LogP contribution is 2.26. The molecule has 26 heavy (non-hydrogen) atoms. The van der Waals surface area contributed by atoms with E-state index in [-0.39, 0.29) is 11.9 Å². The first-order chi connectivity index (χ1) is 12.6. The van der Waals surface area contributed by atoms with E-state index in [1.807, 2.05) is 47.2 Å². The van der Waals surface area contributed by atoms with Crippen molar-refractivity contribution >= 4 is 29.0 Å². The average Bonchev–Trinajstić information content (AvgIpc) is 3.30. The van der Waals surface area contributed by atoms with Gasteiger partial charge in [0.05, 0.1) is 17.5 Å². The van der Waals surface area contributed by atoms with Gasteiger partial charge >= 0.3 is 0 Å². The van der Waals surface area contributed by atoms with Crippen LogP contribution in [0.25, 0.3) is 5.69 Å². The monoisotopic (exact) mass is 386 g/mol. The number of amides is 1. The van der Waals surface area contributed by atoms with Crippen LogP contribution in [0.5, 0.6) is 0 Å².